The number of carbonyl (C=O) groups is 1. The fourth-order valence-electron chi connectivity index (χ4n) is 2.68. The van der Waals surface area contributed by atoms with Gasteiger partial charge in [0.2, 0.25) is 0 Å². The van der Waals surface area contributed by atoms with E-state index in [1.165, 1.54) is 17.8 Å². The first-order chi connectivity index (χ1) is 12.0. The summed E-state index contributed by atoms with van der Waals surface area (Å²) < 4.78 is 19.4. The number of para-hydroxylation sites is 1. The van der Waals surface area contributed by atoms with Gasteiger partial charge in [0.15, 0.2) is 0 Å². The van der Waals surface area contributed by atoms with E-state index in [0.717, 1.165) is 16.3 Å². The highest BCUT2D eigenvalue weighted by Crippen LogP contribution is 2.44. The molecule has 0 unspecified atom stereocenters. The summed E-state index contributed by atoms with van der Waals surface area (Å²) in [4.78, 5) is 15.7. The number of anilines is 1. The maximum absolute atomic E-state index is 14.3. The van der Waals surface area contributed by atoms with Gasteiger partial charge in [-0.15, -0.1) is 0 Å². The van der Waals surface area contributed by atoms with Crippen LogP contribution < -0.4 is 4.90 Å². The Labute approximate surface area is 155 Å². The maximum Gasteiger partial charge on any atom is 0.346 e. The van der Waals surface area contributed by atoms with Crippen LogP contribution in [0, 0.1) is 5.82 Å². The van der Waals surface area contributed by atoms with Crippen molar-refractivity contribution in [1.82, 2.24) is 0 Å². The zero-order valence-corrected chi connectivity index (χ0v) is 15.5. The zero-order chi connectivity index (χ0) is 18.0. The number of esters is 1. The summed E-state index contributed by atoms with van der Waals surface area (Å²) in [6.45, 7) is 4.14. The van der Waals surface area contributed by atoms with Crippen molar-refractivity contribution in [2.75, 3.05) is 11.5 Å². The fraction of sp³-hybridized carbons (Fsp3) is 0.211. The molecule has 3 rings (SSSR count). The second-order valence-electron chi connectivity index (χ2n) is 5.49. The van der Waals surface area contributed by atoms with Gasteiger partial charge in [-0.3, -0.25) is 0 Å². The number of ether oxygens (including phenoxy) is 1. The van der Waals surface area contributed by atoms with E-state index in [1.807, 2.05) is 36.1 Å². The van der Waals surface area contributed by atoms with Gasteiger partial charge in [-0.2, -0.15) is 0 Å². The van der Waals surface area contributed by atoms with Crippen molar-refractivity contribution >= 4 is 35.0 Å². The highest BCUT2D eigenvalue weighted by molar-refractivity contribution is 8.04. The zero-order valence-electron chi connectivity index (χ0n) is 13.9. The molecule has 0 fully saturated rings. The Morgan fingerprint density at radius 2 is 2.00 bits per heavy atom. The minimum atomic E-state index is -0.371. The van der Waals surface area contributed by atoms with Crippen LogP contribution in [0.15, 0.2) is 58.0 Å². The van der Waals surface area contributed by atoms with E-state index in [1.54, 1.807) is 19.1 Å². The summed E-state index contributed by atoms with van der Waals surface area (Å²) in [6.07, 6.45) is 0. The highest BCUT2D eigenvalue weighted by Gasteiger charge is 2.28. The number of carbonyl (C=O) groups excluding carboxylic acids is 1. The second-order valence-corrected chi connectivity index (χ2v) is 6.95. The number of allylic oxidation sites excluding steroid dienone is 1. The summed E-state index contributed by atoms with van der Waals surface area (Å²) in [5.74, 6) is -0.738. The van der Waals surface area contributed by atoms with Crippen LogP contribution in [0.3, 0.4) is 0 Å². The molecule has 2 aromatic rings. The number of benzene rings is 2. The molecule has 0 radical (unpaired) electrons. The summed E-state index contributed by atoms with van der Waals surface area (Å²) in [5, 5.41) is 0.362. The lowest BCUT2D eigenvalue weighted by molar-refractivity contribution is -0.137. The molecule has 0 atom stereocenters. The first kappa shape index (κ1) is 17.8. The topological polar surface area (TPSA) is 29.5 Å². The number of fused-ring (bicyclic) bond motifs is 1. The van der Waals surface area contributed by atoms with Crippen LogP contribution in [0.1, 0.15) is 19.4 Å². The minimum absolute atomic E-state index is 0.234. The number of thioether (sulfide) groups is 1. The molecule has 0 saturated carbocycles. The van der Waals surface area contributed by atoms with Gasteiger partial charge in [0, 0.05) is 21.2 Å². The Morgan fingerprint density at radius 3 is 2.72 bits per heavy atom. The number of hydrogen-bond donors (Lipinski definition) is 0. The lowest BCUT2D eigenvalue weighted by Gasteiger charge is -2.33. The van der Waals surface area contributed by atoms with E-state index in [0.29, 0.717) is 22.1 Å². The van der Waals surface area contributed by atoms with E-state index in [-0.39, 0.29) is 18.3 Å². The van der Waals surface area contributed by atoms with Gasteiger partial charge >= 0.3 is 5.97 Å². The van der Waals surface area contributed by atoms with Crippen molar-refractivity contribution in [1.29, 1.82) is 0 Å². The molecule has 0 saturated heterocycles. The minimum Gasteiger partial charge on any atom is -0.462 e. The van der Waals surface area contributed by atoms with Crippen LogP contribution in [-0.2, 0) is 16.1 Å². The lowest BCUT2D eigenvalue weighted by atomic mass is 10.1. The molecule has 0 bridgehead atoms. The van der Waals surface area contributed by atoms with Gasteiger partial charge in [-0.1, -0.05) is 41.6 Å². The third-order valence-electron chi connectivity index (χ3n) is 3.94. The van der Waals surface area contributed by atoms with Crippen LogP contribution in [-0.4, -0.2) is 12.6 Å². The first-order valence-corrected chi connectivity index (χ1v) is 9.07. The van der Waals surface area contributed by atoms with Gasteiger partial charge in [0.05, 0.1) is 18.8 Å². The molecule has 0 aromatic heterocycles. The Hall–Kier alpha value is -1.98. The van der Waals surface area contributed by atoms with E-state index in [4.69, 9.17) is 16.3 Å². The van der Waals surface area contributed by atoms with E-state index < -0.39 is 0 Å². The third kappa shape index (κ3) is 3.53. The Balaban J connectivity index is 2.07. The monoisotopic (exact) mass is 377 g/mol. The highest BCUT2D eigenvalue weighted by atomic mass is 35.5. The molecular formula is C19H17ClFNO2S. The van der Waals surface area contributed by atoms with Gasteiger partial charge in [0.25, 0.3) is 0 Å². The van der Waals surface area contributed by atoms with Crippen molar-refractivity contribution in [2.45, 2.75) is 25.3 Å². The smallest absolute Gasteiger partial charge is 0.346 e. The Kier molecular flexibility index (Phi) is 5.35. The first-order valence-electron chi connectivity index (χ1n) is 7.88. The number of nitrogens with zero attached hydrogens (tertiary/aromatic N) is 1. The van der Waals surface area contributed by atoms with Crippen LogP contribution in [0.25, 0.3) is 0 Å². The number of rotatable bonds is 4. The largest absolute Gasteiger partial charge is 0.462 e. The van der Waals surface area contributed by atoms with Crippen molar-refractivity contribution < 1.29 is 13.9 Å². The van der Waals surface area contributed by atoms with Crippen molar-refractivity contribution in [3.8, 4) is 0 Å². The van der Waals surface area contributed by atoms with Gasteiger partial charge < -0.3 is 9.64 Å². The predicted octanol–water partition coefficient (Wildman–Crippen LogP) is 5.39. The van der Waals surface area contributed by atoms with E-state index >= 15 is 0 Å². The molecule has 0 spiro atoms. The fourth-order valence-corrected chi connectivity index (χ4v) is 3.96. The SMILES string of the molecule is CCOC(=O)C1=C(C)N(Cc2c(F)cccc2Cl)c2ccccc2S1. The van der Waals surface area contributed by atoms with Gasteiger partial charge in [-0.25, -0.2) is 9.18 Å². The second kappa shape index (κ2) is 7.50. The van der Waals surface area contributed by atoms with Gasteiger partial charge in [-0.05, 0) is 38.1 Å². The summed E-state index contributed by atoms with van der Waals surface area (Å²) >= 11 is 7.57. The molecule has 25 heavy (non-hydrogen) atoms. The molecular weight excluding hydrogens is 361 g/mol. The maximum atomic E-state index is 14.3. The molecule has 130 valence electrons. The molecule has 0 aliphatic carbocycles. The Morgan fingerprint density at radius 1 is 1.24 bits per heavy atom. The standard InChI is InChI=1S/C19H17ClFNO2S/c1-3-24-19(23)18-12(2)22(16-9-4-5-10-17(16)25-18)11-13-14(20)7-6-8-15(13)21/h4-10H,3,11H2,1-2H3. The molecule has 1 aliphatic heterocycles. The van der Waals surface area contributed by atoms with E-state index in [2.05, 4.69) is 0 Å². The third-order valence-corrected chi connectivity index (χ3v) is 5.53. The average molecular weight is 378 g/mol. The summed E-state index contributed by atoms with van der Waals surface area (Å²) in [7, 11) is 0. The van der Waals surface area contributed by atoms with Gasteiger partial charge in [0.1, 0.15) is 10.7 Å². The Bertz CT molecular complexity index is 833. The average Bonchev–Trinajstić information content (AvgIpc) is 2.59. The van der Waals surface area contributed by atoms with Crippen molar-refractivity contribution in [2.24, 2.45) is 0 Å². The predicted molar refractivity (Wildman–Crippen MR) is 99.2 cm³/mol. The number of hydrogen-bond acceptors (Lipinski definition) is 4. The van der Waals surface area contributed by atoms with Crippen LogP contribution in [0.4, 0.5) is 10.1 Å². The molecule has 3 nitrogen and oxygen atoms in total. The van der Waals surface area contributed by atoms with E-state index in [9.17, 15) is 9.18 Å². The van der Waals surface area contributed by atoms with Crippen LogP contribution in [0.2, 0.25) is 5.02 Å². The lowest BCUT2D eigenvalue weighted by Crippen LogP contribution is -2.27. The molecule has 6 heteroatoms. The molecule has 0 N–H and O–H groups in total. The summed E-state index contributed by atoms with van der Waals surface area (Å²) in [6, 6.07) is 12.3. The number of halogens is 2. The quantitative estimate of drug-likeness (QED) is 0.668. The van der Waals surface area contributed by atoms with Crippen molar-refractivity contribution in [3.05, 3.63) is 69.5 Å². The molecule has 2 aromatic carbocycles. The normalized spacial score (nSPS) is 13.7. The molecule has 1 heterocycles. The molecule has 0 amide bonds. The van der Waals surface area contributed by atoms with Crippen LogP contribution >= 0.6 is 23.4 Å². The molecule has 1 aliphatic rings. The van der Waals surface area contributed by atoms with Crippen molar-refractivity contribution in [3.63, 3.8) is 0 Å². The summed E-state index contributed by atoms with van der Waals surface area (Å²) in [5.41, 5.74) is 2.03. The van der Waals surface area contributed by atoms with Crippen LogP contribution in [0.5, 0.6) is 0 Å².